The van der Waals surface area contributed by atoms with Crippen LogP contribution in [0.5, 0.6) is 0 Å². The number of carbonyl (C=O) groups is 2. The van der Waals surface area contributed by atoms with E-state index in [0.29, 0.717) is 17.8 Å². The SMILES string of the molecule is CCc1sc(C(=O)NNC(=O)CCn2ccc3ccccc32)cc1C. The molecule has 0 spiro atoms. The normalized spacial score (nSPS) is 10.8. The number of nitrogens with one attached hydrogen (secondary N) is 2. The predicted molar refractivity (Wildman–Crippen MR) is 101 cm³/mol. The molecule has 130 valence electrons. The van der Waals surface area contributed by atoms with Gasteiger partial charge in [-0.25, -0.2) is 0 Å². The van der Waals surface area contributed by atoms with Crippen molar-refractivity contribution < 1.29 is 9.59 Å². The fourth-order valence-corrected chi connectivity index (χ4v) is 3.80. The highest BCUT2D eigenvalue weighted by Crippen LogP contribution is 2.22. The van der Waals surface area contributed by atoms with E-state index in [1.807, 2.05) is 54.1 Å². The molecule has 0 fully saturated rings. The molecule has 1 aromatic carbocycles. The van der Waals surface area contributed by atoms with Crippen LogP contribution in [-0.2, 0) is 17.8 Å². The number of carbonyl (C=O) groups excluding carboxylic acids is 2. The molecule has 25 heavy (non-hydrogen) atoms. The van der Waals surface area contributed by atoms with Gasteiger partial charge in [-0.1, -0.05) is 25.1 Å². The average molecular weight is 355 g/mol. The summed E-state index contributed by atoms with van der Waals surface area (Å²) in [6, 6.07) is 11.9. The van der Waals surface area contributed by atoms with Crippen LogP contribution >= 0.6 is 11.3 Å². The number of thiophene rings is 1. The summed E-state index contributed by atoms with van der Waals surface area (Å²) in [5.74, 6) is -0.484. The highest BCUT2D eigenvalue weighted by molar-refractivity contribution is 7.14. The Labute approximate surface area is 150 Å². The van der Waals surface area contributed by atoms with E-state index >= 15 is 0 Å². The number of hydrazine groups is 1. The van der Waals surface area contributed by atoms with E-state index in [0.717, 1.165) is 22.9 Å². The van der Waals surface area contributed by atoms with Crippen molar-refractivity contribution in [3.63, 3.8) is 0 Å². The van der Waals surface area contributed by atoms with Crippen molar-refractivity contribution in [1.82, 2.24) is 15.4 Å². The first kappa shape index (κ1) is 17.2. The second-order valence-electron chi connectivity index (χ2n) is 5.89. The molecular formula is C19H21N3O2S. The van der Waals surface area contributed by atoms with Crippen molar-refractivity contribution in [2.45, 2.75) is 33.2 Å². The first-order valence-corrected chi connectivity index (χ1v) is 9.12. The van der Waals surface area contributed by atoms with E-state index in [2.05, 4.69) is 17.8 Å². The van der Waals surface area contributed by atoms with Gasteiger partial charge in [0.25, 0.3) is 5.91 Å². The van der Waals surface area contributed by atoms with Crippen molar-refractivity contribution in [3.8, 4) is 0 Å². The Morgan fingerprint density at radius 2 is 1.96 bits per heavy atom. The zero-order chi connectivity index (χ0) is 17.8. The van der Waals surface area contributed by atoms with Gasteiger partial charge in [-0.3, -0.25) is 20.4 Å². The van der Waals surface area contributed by atoms with Gasteiger partial charge < -0.3 is 4.57 Å². The second-order valence-corrected chi connectivity index (χ2v) is 7.03. The number of aromatic nitrogens is 1. The van der Waals surface area contributed by atoms with Crippen LogP contribution < -0.4 is 10.9 Å². The molecule has 6 heteroatoms. The Morgan fingerprint density at radius 3 is 2.72 bits per heavy atom. The number of nitrogens with zero attached hydrogens (tertiary/aromatic N) is 1. The lowest BCUT2D eigenvalue weighted by atomic mass is 10.2. The summed E-state index contributed by atoms with van der Waals surface area (Å²) in [4.78, 5) is 25.9. The van der Waals surface area contributed by atoms with Gasteiger partial charge in [-0.15, -0.1) is 11.3 Å². The molecule has 0 bridgehead atoms. The van der Waals surface area contributed by atoms with Gasteiger partial charge in [-0.05, 0) is 42.5 Å². The molecule has 3 aromatic rings. The fraction of sp³-hybridized carbons (Fsp3) is 0.263. The monoisotopic (exact) mass is 355 g/mol. The van der Waals surface area contributed by atoms with Crippen LogP contribution in [0.1, 0.15) is 33.5 Å². The van der Waals surface area contributed by atoms with Crippen LogP contribution in [0.3, 0.4) is 0 Å². The van der Waals surface area contributed by atoms with E-state index in [1.54, 1.807) is 0 Å². The molecule has 2 N–H and O–H groups in total. The van der Waals surface area contributed by atoms with Gasteiger partial charge >= 0.3 is 0 Å². The Kier molecular flexibility index (Phi) is 5.19. The smallest absolute Gasteiger partial charge is 0.279 e. The Balaban J connectivity index is 1.51. The van der Waals surface area contributed by atoms with E-state index in [1.165, 1.54) is 16.2 Å². The number of hydrogen-bond donors (Lipinski definition) is 2. The number of rotatable bonds is 5. The van der Waals surface area contributed by atoms with E-state index in [-0.39, 0.29) is 11.8 Å². The van der Waals surface area contributed by atoms with Crippen LogP contribution in [0.2, 0.25) is 0 Å². The van der Waals surface area contributed by atoms with Crippen molar-refractivity contribution in [1.29, 1.82) is 0 Å². The molecule has 0 saturated carbocycles. The maximum Gasteiger partial charge on any atom is 0.279 e. The summed E-state index contributed by atoms with van der Waals surface area (Å²) in [5.41, 5.74) is 7.20. The zero-order valence-electron chi connectivity index (χ0n) is 14.3. The molecule has 3 rings (SSSR count). The van der Waals surface area contributed by atoms with Crippen molar-refractivity contribution in [3.05, 3.63) is 57.9 Å². The van der Waals surface area contributed by atoms with Crippen LogP contribution in [0.4, 0.5) is 0 Å². The van der Waals surface area contributed by atoms with Crippen LogP contribution in [0, 0.1) is 6.92 Å². The zero-order valence-corrected chi connectivity index (χ0v) is 15.2. The molecule has 0 unspecified atom stereocenters. The number of aryl methyl sites for hydroxylation is 3. The first-order valence-electron chi connectivity index (χ1n) is 8.31. The Morgan fingerprint density at radius 1 is 1.16 bits per heavy atom. The minimum Gasteiger partial charge on any atom is -0.347 e. The van der Waals surface area contributed by atoms with E-state index in [9.17, 15) is 9.59 Å². The van der Waals surface area contributed by atoms with Gasteiger partial charge in [0.15, 0.2) is 0 Å². The number of fused-ring (bicyclic) bond motifs is 1. The van der Waals surface area contributed by atoms with E-state index < -0.39 is 0 Å². The molecule has 2 heterocycles. The molecule has 0 aliphatic rings. The predicted octanol–water partition coefficient (Wildman–Crippen LogP) is 3.42. The second kappa shape index (κ2) is 7.53. The highest BCUT2D eigenvalue weighted by atomic mass is 32.1. The van der Waals surface area contributed by atoms with Crippen LogP contribution in [-0.4, -0.2) is 16.4 Å². The lowest BCUT2D eigenvalue weighted by Gasteiger charge is -2.08. The van der Waals surface area contributed by atoms with Gasteiger partial charge in [0.2, 0.25) is 5.91 Å². The van der Waals surface area contributed by atoms with Crippen molar-refractivity contribution in [2.24, 2.45) is 0 Å². The molecule has 0 radical (unpaired) electrons. The third kappa shape index (κ3) is 3.91. The van der Waals surface area contributed by atoms with Gasteiger partial charge in [0, 0.05) is 29.6 Å². The van der Waals surface area contributed by atoms with Crippen molar-refractivity contribution >= 4 is 34.1 Å². The van der Waals surface area contributed by atoms with Crippen LogP contribution in [0.25, 0.3) is 10.9 Å². The Hall–Kier alpha value is -2.60. The third-order valence-corrected chi connectivity index (χ3v) is 5.52. The lowest BCUT2D eigenvalue weighted by Crippen LogP contribution is -2.41. The maximum atomic E-state index is 12.1. The summed E-state index contributed by atoms with van der Waals surface area (Å²) in [5, 5.41) is 1.15. The molecule has 2 aromatic heterocycles. The minimum absolute atomic E-state index is 0.213. The summed E-state index contributed by atoms with van der Waals surface area (Å²) in [6.07, 6.45) is 3.17. The fourth-order valence-electron chi connectivity index (χ4n) is 2.79. The van der Waals surface area contributed by atoms with Gasteiger partial charge in [0.05, 0.1) is 4.88 Å². The lowest BCUT2D eigenvalue weighted by molar-refractivity contribution is -0.122. The number of benzene rings is 1. The molecular weight excluding hydrogens is 334 g/mol. The van der Waals surface area contributed by atoms with Crippen LogP contribution in [0.15, 0.2) is 42.6 Å². The van der Waals surface area contributed by atoms with Crippen molar-refractivity contribution in [2.75, 3.05) is 0 Å². The standard InChI is InChI=1S/C19H21N3O2S/c1-3-16-13(2)12-17(25-16)19(24)21-20-18(23)9-11-22-10-8-14-6-4-5-7-15(14)22/h4-8,10,12H,3,9,11H2,1-2H3,(H,20,23)(H,21,24). The molecule has 2 amide bonds. The summed E-state index contributed by atoms with van der Waals surface area (Å²) in [7, 11) is 0. The summed E-state index contributed by atoms with van der Waals surface area (Å²) >= 11 is 1.46. The maximum absolute atomic E-state index is 12.1. The van der Waals surface area contributed by atoms with Gasteiger partial charge in [0.1, 0.15) is 0 Å². The number of hydrogen-bond acceptors (Lipinski definition) is 3. The molecule has 0 saturated heterocycles. The first-order chi connectivity index (χ1) is 12.1. The highest BCUT2D eigenvalue weighted by Gasteiger charge is 2.12. The molecule has 0 aliphatic carbocycles. The Bertz CT molecular complexity index is 910. The average Bonchev–Trinajstić information content (AvgIpc) is 3.21. The van der Waals surface area contributed by atoms with Gasteiger partial charge in [-0.2, -0.15) is 0 Å². The molecule has 0 atom stereocenters. The number of para-hydroxylation sites is 1. The summed E-state index contributed by atoms with van der Waals surface area (Å²) < 4.78 is 2.03. The topological polar surface area (TPSA) is 63.1 Å². The van der Waals surface area contributed by atoms with E-state index in [4.69, 9.17) is 0 Å². The summed E-state index contributed by atoms with van der Waals surface area (Å²) in [6.45, 7) is 4.62. The third-order valence-electron chi connectivity index (χ3n) is 4.14. The largest absolute Gasteiger partial charge is 0.347 e. The number of amides is 2. The molecule has 5 nitrogen and oxygen atoms in total. The molecule has 0 aliphatic heterocycles. The minimum atomic E-state index is -0.271. The quantitative estimate of drug-likeness (QED) is 0.689.